The van der Waals surface area contributed by atoms with Gasteiger partial charge in [0.05, 0.1) is 22.6 Å². The molecule has 176 valence electrons. The van der Waals surface area contributed by atoms with Crippen LogP contribution in [0.15, 0.2) is 41.5 Å². The van der Waals surface area contributed by atoms with Gasteiger partial charge in [-0.2, -0.15) is 10.1 Å². The molecule has 7 nitrogen and oxygen atoms in total. The molecule has 5 rings (SSSR count). The first kappa shape index (κ1) is 22.1. The second-order valence-corrected chi connectivity index (χ2v) is 8.82. The van der Waals surface area contributed by atoms with E-state index in [9.17, 15) is 4.39 Å². The molecule has 3 heterocycles. The first-order valence-corrected chi connectivity index (χ1v) is 11.2. The van der Waals surface area contributed by atoms with E-state index in [2.05, 4.69) is 15.6 Å². The zero-order valence-corrected chi connectivity index (χ0v) is 19.6. The summed E-state index contributed by atoms with van der Waals surface area (Å²) in [4.78, 5) is 4.64. The molecule has 9 heteroatoms. The number of nitrogens with two attached hydrogens (primary N) is 1. The number of benzene rings is 2. The Bertz CT molecular complexity index is 1420. The van der Waals surface area contributed by atoms with E-state index in [-0.39, 0.29) is 23.5 Å². The number of aryl methyl sites for hydroxylation is 3. The monoisotopic (exact) mass is 463 g/mol. The van der Waals surface area contributed by atoms with Gasteiger partial charge in [0.1, 0.15) is 5.82 Å². The summed E-state index contributed by atoms with van der Waals surface area (Å²) in [6.07, 6.45) is 2.54. The SMILES string of the molecule is Cc1cc(-n2nc3c(c2/N=C(\N)Nc2ccc4c(ccn4C)c2F)[C@H](C)NCC3)cc(C)c1F. The standard InChI is InChI=1S/C25H27F2N7/c1-13-11-16(12-14(2)22(13)26)34-24(21-15(3)29-9-7-18(21)32-34)31-25(28)30-19-5-6-20-17(23(19)27)8-10-33(20)4/h5-6,8,10-12,15,29H,7,9H2,1-4H3,(H3,28,30,31)/t15-/m0/s1. The second-order valence-electron chi connectivity index (χ2n) is 8.82. The average Bonchev–Trinajstić information content (AvgIpc) is 3.35. The van der Waals surface area contributed by atoms with E-state index in [0.29, 0.717) is 28.0 Å². The van der Waals surface area contributed by atoms with Crippen molar-refractivity contribution >= 4 is 28.4 Å². The van der Waals surface area contributed by atoms with Crippen molar-refractivity contribution in [3.05, 3.63) is 70.5 Å². The molecular weight excluding hydrogens is 436 g/mol. The maximum Gasteiger partial charge on any atom is 0.199 e. The molecule has 0 saturated heterocycles. The van der Waals surface area contributed by atoms with Gasteiger partial charge in [-0.15, -0.1) is 0 Å². The lowest BCUT2D eigenvalue weighted by atomic mass is 10.0. The molecule has 0 bridgehead atoms. The third-order valence-electron chi connectivity index (χ3n) is 6.37. The van der Waals surface area contributed by atoms with Crippen LogP contribution in [0.4, 0.5) is 20.3 Å². The molecule has 34 heavy (non-hydrogen) atoms. The van der Waals surface area contributed by atoms with E-state index in [1.807, 2.05) is 24.6 Å². The maximum absolute atomic E-state index is 15.1. The average molecular weight is 464 g/mol. The normalized spacial score (nSPS) is 16.2. The van der Waals surface area contributed by atoms with Crippen LogP contribution >= 0.6 is 0 Å². The number of hydrogen-bond donors (Lipinski definition) is 3. The minimum atomic E-state index is -0.397. The van der Waals surface area contributed by atoms with Gasteiger partial charge in [-0.3, -0.25) is 0 Å². The zero-order valence-electron chi connectivity index (χ0n) is 19.6. The largest absolute Gasteiger partial charge is 0.369 e. The van der Waals surface area contributed by atoms with E-state index < -0.39 is 5.82 Å². The summed E-state index contributed by atoms with van der Waals surface area (Å²) in [7, 11) is 1.86. The zero-order chi connectivity index (χ0) is 24.1. The Balaban J connectivity index is 1.60. The van der Waals surface area contributed by atoms with Crippen LogP contribution < -0.4 is 16.4 Å². The molecule has 4 aromatic rings. The minimum absolute atomic E-state index is 0.00379. The number of rotatable bonds is 3. The van der Waals surface area contributed by atoms with Crippen molar-refractivity contribution in [3.8, 4) is 5.69 Å². The predicted molar refractivity (Wildman–Crippen MR) is 131 cm³/mol. The number of hydrogen-bond acceptors (Lipinski definition) is 3. The first-order valence-electron chi connectivity index (χ1n) is 11.2. The van der Waals surface area contributed by atoms with Crippen molar-refractivity contribution in [2.75, 3.05) is 11.9 Å². The lowest BCUT2D eigenvalue weighted by Gasteiger charge is -2.20. The van der Waals surface area contributed by atoms with Crippen LogP contribution in [-0.2, 0) is 13.5 Å². The molecule has 0 saturated carbocycles. The Labute approximate surface area is 196 Å². The van der Waals surface area contributed by atoms with Crippen LogP contribution in [0.1, 0.15) is 35.3 Å². The summed E-state index contributed by atoms with van der Waals surface area (Å²) in [5.41, 5.74) is 10.9. The fourth-order valence-corrected chi connectivity index (χ4v) is 4.63. The molecule has 1 aliphatic heterocycles. The third-order valence-corrected chi connectivity index (χ3v) is 6.37. The highest BCUT2D eigenvalue weighted by atomic mass is 19.1. The van der Waals surface area contributed by atoms with Gasteiger partial charge in [0.15, 0.2) is 17.6 Å². The van der Waals surface area contributed by atoms with Crippen LogP contribution in [0.25, 0.3) is 16.6 Å². The summed E-state index contributed by atoms with van der Waals surface area (Å²) in [5.74, 6) is -0.0712. The highest BCUT2D eigenvalue weighted by Crippen LogP contribution is 2.35. The van der Waals surface area contributed by atoms with Crippen LogP contribution in [-0.4, -0.2) is 26.9 Å². The maximum atomic E-state index is 15.1. The van der Waals surface area contributed by atoms with Crippen LogP contribution in [0, 0.1) is 25.5 Å². The summed E-state index contributed by atoms with van der Waals surface area (Å²) in [6.45, 7) is 6.28. The highest BCUT2D eigenvalue weighted by Gasteiger charge is 2.27. The van der Waals surface area contributed by atoms with E-state index >= 15 is 4.39 Å². The van der Waals surface area contributed by atoms with Crippen LogP contribution in [0.3, 0.4) is 0 Å². The van der Waals surface area contributed by atoms with Gasteiger partial charge < -0.3 is 20.9 Å². The summed E-state index contributed by atoms with van der Waals surface area (Å²) >= 11 is 0. The Hall–Kier alpha value is -3.72. The molecule has 1 atom stereocenters. The number of aromatic nitrogens is 3. The molecule has 0 unspecified atom stereocenters. The number of aliphatic imine (C=N–C) groups is 1. The second kappa shape index (κ2) is 8.25. The lowest BCUT2D eigenvalue weighted by Crippen LogP contribution is -2.27. The van der Waals surface area contributed by atoms with Crippen molar-refractivity contribution in [1.82, 2.24) is 19.7 Å². The molecule has 0 amide bonds. The van der Waals surface area contributed by atoms with Crippen molar-refractivity contribution in [2.45, 2.75) is 33.2 Å². The number of fused-ring (bicyclic) bond motifs is 2. The fraction of sp³-hybridized carbons (Fsp3) is 0.280. The molecule has 0 spiro atoms. The van der Waals surface area contributed by atoms with Crippen molar-refractivity contribution < 1.29 is 8.78 Å². The summed E-state index contributed by atoms with van der Waals surface area (Å²) in [5, 5.41) is 11.6. The quantitative estimate of drug-likeness (QED) is 0.308. The molecule has 0 fully saturated rings. The van der Waals surface area contributed by atoms with Crippen LogP contribution in [0.5, 0.6) is 0 Å². The third kappa shape index (κ3) is 3.62. The van der Waals surface area contributed by atoms with E-state index in [0.717, 1.165) is 29.7 Å². The lowest BCUT2D eigenvalue weighted by molar-refractivity contribution is 0.538. The van der Waals surface area contributed by atoms with Gasteiger partial charge in [0, 0.05) is 43.2 Å². The van der Waals surface area contributed by atoms with E-state index in [1.165, 1.54) is 0 Å². The number of guanidine groups is 1. The topological polar surface area (TPSA) is 85.2 Å². The molecule has 4 N–H and O–H groups in total. The molecule has 2 aromatic heterocycles. The van der Waals surface area contributed by atoms with Crippen molar-refractivity contribution in [2.24, 2.45) is 17.8 Å². The van der Waals surface area contributed by atoms with Gasteiger partial charge in [0.2, 0.25) is 0 Å². The minimum Gasteiger partial charge on any atom is -0.369 e. The Morgan fingerprint density at radius 1 is 1.18 bits per heavy atom. The Morgan fingerprint density at radius 3 is 2.65 bits per heavy atom. The number of anilines is 1. The number of halogens is 2. The van der Waals surface area contributed by atoms with E-state index in [1.54, 1.807) is 49.0 Å². The van der Waals surface area contributed by atoms with E-state index in [4.69, 9.17) is 10.8 Å². The molecule has 0 aliphatic carbocycles. The van der Waals surface area contributed by atoms with Gasteiger partial charge >= 0.3 is 0 Å². The summed E-state index contributed by atoms with van der Waals surface area (Å²) < 4.78 is 32.9. The Morgan fingerprint density at radius 2 is 1.91 bits per heavy atom. The first-order chi connectivity index (χ1) is 16.2. The smallest absolute Gasteiger partial charge is 0.199 e. The number of nitrogens with zero attached hydrogens (tertiary/aromatic N) is 4. The predicted octanol–water partition coefficient (Wildman–Crippen LogP) is 4.52. The molecule has 1 aliphatic rings. The fourth-order valence-electron chi connectivity index (χ4n) is 4.63. The van der Waals surface area contributed by atoms with Crippen molar-refractivity contribution in [1.29, 1.82) is 0 Å². The number of nitrogens with one attached hydrogen (secondary N) is 2. The highest BCUT2D eigenvalue weighted by molar-refractivity contribution is 5.96. The van der Waals surface area contributed by atoms with Gasteiger partial charge in [-0.25, -0.2) is 13.5 Å². The van der Waals surface area contributed by atoms with Crippen LogP contribution in [0.2, 0.25) is 0 Å². The Kier molecular flexibility index (Phi) is 5.36. The molecular formula is C25H27F2N7. The molecule has 2 aromatic carbocycles. The van der Waals surface area contributed by atoms with Crippen molar-refractivity contribution in [3.63, 3.8) is 0 Å². The summed E-state index contributed by atoms with van der Waals surface area (Å²) in [6, 6.07) is 8.68. The van der Waals surface area contributed by atoms with Gasteiger partial charge in [0.25, 0.3) is 0 Å². The van der Waals surface area contributed by atoms with Gasteiger partial charge in [-0.1, -0.05) is 0 Å². The molecule has 0 radical (unpaired) electrons. The van der Waals surface area contributed by atoms with Gasteiger partial charge in [-0.05, 0) is 62.2 Å².